The summed E-state index contributed by atoms with van der Waals surface area (Å²) in [6.07, 6.45) is 1.27. The number of hydrogen-bond donors (Lipinski definition) is 1. The zero-order valence-corrected chi connectivity index (χ0v) is 12.6. The van der Waals surface area contributed by atoms with Gasteiger partial charge in [0.25, 0.3) is 0 Å². The highest BCUT2D eigenvalue weighted by Gasteiger charge is 2.26. The Balaban J connectivity index is 2.21. The minimum atomic E-state index is 0.297. The molecule has 2 unspecified atom stereocenters. The first-order valence-electron chi connectivity index (χ1n) is 6.39. The molecule has 0 radical (unpaired) electrons. The number of nitrogens with zero attached hydrogens (tertiary/aromatic N) is 1. The Kier molecular flexibility index (Phi) is 4.96. The molecular formula is C14H21ClN2S. The van der Waals surface area contributed by atoms with Crippen LogP contribution in [0.25, 0.3) is 0 Å². The Labute approximate surface area is 119 Å². The van der Waals surface area contributed by atoms with E-state index in [4.69, 9.17) is 17.3 Å². The standard InChI is InChI=1S/C14H21ClN2S/c1-10-7-11(15)3-4-13(10)14(8-16)17(2)12-5-6-18-9-12/h3-4,7,12,14H,5-6,8-9,16H2,1-2H3. The quantitative estimate of drug-likeness (QED) is 0.921. The molecule has 1 aromatic carbocycles. The normalized spacial score (nSPS) is 21.5. The Hall–Kier alpha value is -0.220. The predicted molar refractivity (Wildman–Crippen MR) is 81.5 cm³/mol. The predicted octanol–water partition coefficient (Wildman–Crippen LogP) is 3.09. The number of hydrogen-bond acceptors (Lipinski definition) is 3. The molecule has 0 saturated carbocycles. The third kappa shape index (κ3) is 3.02. The Bertz CT molecular complexity index is 405. The van der Waals surface area contributed by atoms with Crippen LogP contribution in [0.3, 0.4) is 0 Å². The maximum absolute atomic E-state index is 6.02. The van der Waals surface area contributed by atoms with E-state index in [9.17, 15) is 0 Å². The summed E-state index contributed by atoms with van der Waals surface area (Å²) < 4.78 is 0. The van der Waals surface area contributed by atoms with Gasteiger partial charge in [-0.1, -0.05) is 17.7 Å². The van der Waals surface area contributed by atoms with Crippen molar-refractivity contribution in [2.45, 2.75) is 25.4 Å². The summed E-state index contributed by atoms with van der Waals surface area (Å²) in [5.41, 5.74) is 8.54. The highest BCUT2D eigenvalue weighted by atomic mass is 35.5. The van der Waals surface area contributed by atoms with Gasteiger partial charge in [-0.05, 0) is 49.4 Å². The highest BCUT2D eigenvalue weighted by Crippen LogP contribution is 2.30. The lowest BCUT2D eigenvalue weighted by atomic mass is 9.99. The van der Waals surface area contributed by atoms with E-state index in [1.54, 1.807) is 0 Å². The van der Waals surface area contributed by atoms with Gasteiger partial charge in [-0.2, -0.15) is 11.8 Å². The van der Waals surface area contributed by atoms with E-state index < -0.39 is 0 Å². The van der Waals surface area contributed by atoms with Crippen LogP contribution in [-0.2, 0) is 0 Å². The third-order valence-corrected chi connectivity index (χ3v) is 5.17. The van der Waals surface area contributed by atoms with E-state index in [0.717, 1.165) is 5.02 Å². The molecule has 0 spiro atoms. The number of halogens is 1. The van der Waals surface area contributed by atoms with Crippen LogP contribution in [0, 0.1) is 6.92 Å². The van der Waals surface area contributed by atoms with Crippen LogP contribution in [0.5, 0.6) is 0 Å². The number of nitrogens with two attached hydrogens (primary N) is 1. The molecule has 0 bridgehead atoms. The smallest absolute Gasteiger partial charge is 0.0473 e. The average Bonchev–Trinajstić information content (AvgIpc) is 2.86. The SMILES string of the molecule is Cc1cc(Cl)ccc1C(CN)N(C)C1CCSC1. The molecule has 2 rings (SSSR count). The summed E-state index contributed by atoms with van der Waals surface area (Å²) in [7, 11) is 2.20. The first-order valence-corrected chi connectivity index (χ1v) is 7.92. The van der Waals surface area contributed by atoms with Gasteiger partial charge in [-0.25, -0.2) is 0 Å². The second-order valence-corrected chi connectivity index (χ2v) is 6.52. The summed E-state index contributed by atoms with van der Waals surface area (Å²) in [6.45, 7) is 2.77. The Morgan fingerprint density at radius 1 is 1.56 bits per heavy atom. The summed E-state index contributed by atoms with van der Waals surface area (Å²) >= 11 is 8.06. The number of benzene rings is 1. The van der Waals surface area contributed by atoms with Crippen LogP contribution in [-0.4, -0.2) is 36.0 Å². The van der Waals surface area contributed by atoms with Crippen LogP contribution in [0.1, 0.15) is 23.6 Å². The van der Waals surface area contributed by atoms with Crippen molar-refractivity contribution in [3.05, 3.63) is 34.3 Å². The van der Waals surface area contributed by atoms with Gasteiger partial charge in [0, 0.05) is 29.4 Å². The number of likely N-dealkylation sites (N-methyl/N-ethyl adjacent to an activating group) is 1. The van der Waals surface area contributed by atoms with Gasteiger partial charge in [0.05, 0.1) is 0 Å². The molecule has 1 aromatic rings. The maximum Gasteiger partial charge on any atom is 0.0473 e. The monoisotopic (exact) mass is 284 g/mol. The largest absolute Gasteiger partial charge is 0.329 e. The lowest BCUT2D eigenvalue weighted by molar-refractivity contribution is 0.192. The third-order valence-electron chi connectivity index (χ3n) is 3.79. The highest BCUT2D eigenvalue weighted by molar-refractivity contribution is 7.99. The van der Waals surface area contributed by atoms with Crippen molar-refractivity contribution in [2.75, 3.05) is 25.1 Å². The van der Waals surface area contributed by atoms with Crippen molar-refractivity contribution in [1.82, 2.24) is 4.90 Å². The van der Waals surface area contributed by atoms with E-state index in [1.807, 2.05) is 23.9 Å². The molecule has 2 atom stereocenters. The minimum Gasteiger partial charge on any atom is -0.329 e. The van der Waals surface area contributed by atoms with Crippen molar-refractivity contribution in [3.63, 3.8) is 0 Å². The van der Waals surface area contributed by atoms with Crippen molar-refractivity contribution in [2.24, 2.45) is 5.73 Å². The lowest BCUT2D eigenvalue weighted by Crippen LogP contribution is -2.38. The fourth-order valence-corrected chi connectivity index (χ4v) is 4.13. The number of rotatable bonds is 4. The van der Waals surface area contributed by atoms with Gasteiger partial charge in [0.1, 0.15) is 0 Å². The van der Waals surface area contributed by atoms with Crippen LogP contribution >= 0.6 is 23.4 Å². The van der Waals surface area contributed by atoms with Gasteiger partial charge in [-0.3, -0.25) is 4.90 Å². The van der Waals surface area contributed by atoms with Gasteiger partial charge >= 0.3 is 0 Å². The van der Waals surface area contributed by atoms with Crippen LogP contribution in [0.4, 0.5) is 0 Å². The zero-order chi connectivity index (χ0) is 13.1. The Morgan fingerprint density at radius 3 is 2.89 bits per heavy atom. The summed E-state index contributed by atoms with van der Waals surface area (Å²) in [4.78, 5) is 2.44. The molecule has 1 aliphatic heterocycles. The van der Waals surface area contributed by atoms with E-state index >= 15 is 0 Å². The molecule has 0 amide bonds. The minimum absolute atomic E-state index is 0.297. The number of aryl methyl sites for hydroxylation is 1. The molecule has 2 nitrogen and oxygen atoms in total. The molecule has 2 N–H and O–H groups in total. The van der Waals surface area contributed by atoms with Crippen LogP contribution in [0.2, 0.25) is 5.02 Å². The fraction of sp³-hybridized carbons (Fsp3) is 0.571. The molecule has 18 heavy (non-hydrogen) atoms. The van der Waals surface area contributed by atoms with E-state index in [2.05, 4.69) is 24.9 Å². The van der Waals surface area contributed by atoms with Crippen molar-refractivity contribution in [1.29, 1.82) is 0 Å². The fourth-order valence-electron chi connectivity index (χ4n) is 2.62. The first kappa shape index (κ1) is 14.2. The Morgan fingerprint density at radius 2 is 2.33 bits per heavy atom. The first-order chi connectivity index (χ1) is 8.63. The van der Waals surface area contributed by atoms with Gasteiger partial charge < -0.3 is 5.73 Å². The molecule has 0 aliphatic carbocycles. The van der Waals surface area contributed by atoms with Crippen molar-refractivity contribution >= 4 is 23.4 Å². The second kappa shape index (κ2) is 6.29. The molecule has 1 fully saturated rings. The zero-order valence-electron chi connectivity index (χ0n) is 11.0. The molecule has 100 valence electrons. The van der Waals surface area contributed by atoms with Gasteiger partial charge in [0.2, 0.25) is 0 Å². The van der Waals surface area contributed by atoms with Gasteiger partial charge in [-0.15, -0.1) is 0 Å². The molecule has 1 heterocycles. The number of thioether (sulfide) groups is 1. The molecule has 1 saturated heterocycles. The molecule has 4 heteroatoms. The summed E-state index contributed by atoms with van der Waals surface area (Å²) in [5, 5.41) is 0.797. The molecule has 1 aliphatic rings. The van der Waals surface area contributed by atoms with Crippen molar-refractivity contribution < 1.29 is 0 Å². The van der Waals surface area contributed by atoms with Gasteiger partial charge in [0.15, 0.2) is 0 Å². The van der Waals surface area contributed by atoms with E-state index in [0.29, 0.717) is 18.6 Å². The molecule has 0 aromatic heterocycles. The molecular weight excluding hydrogens is 264 g/mol. The van der Waals surface area contributed by atoms with Crippen LogP contribution < -0.4 is 5.73 Å². The average molecular weight is 285 g/mol. The second-order valence-electron chi connectivity index (χ2n) is 4.94. The van der Waals surface area contributed by atoms with E-state index in [-0.39, 0.29) is 0 Å². The lowest BCUT2D eigenvalue weighted by Gasteiger charge is -2.33. The van der Waals surface area contributed by atoms with Crippen LogP contribution in [0.15, 0.2) is 18.2 Å². The van der Waals surface area contributed by atoms with E-state index in [1.165, 1.54) is 29.1 Å². The summed E-state index contributed by atoms with van der Waals surface area (Å²) in [6, 6.07) is 7.05. The summed E-state index contributed by atoms with van der Waals surface area (Å²) in [5.74, 6) is 2.49. The maximum atomic E-state index is 6.02. The van der Waals surface area contributed by atoms with Crippen molar-refractivity contribution in [3.8, 4) is 0 Å². The topological polar surface area (TPSA) is 29.3 Å².